The molecule has 1 saturated carbocycles. The van der Waals surface area contributed by atoms with Gasteiger partial charge in [0.2, 0.25) is 5.91 Å². The monoisotopic (exact) mass is 384 g/mol. The van der Waals surface area contributed by atoms with E-state index in [1.165, 1.54) is 17.0 Å². The summed E-state index contributed by atoms with van der Waals surface area (Å²) in [4.78, 5) is 17.6. The Morgan fingerprint density at radius 2 is 2.04 bits per heavy atom. The van der Waals surface area contributed by atoms with Crippen molar-refractivity contribution in [2.24, 2.45) is 4.99 Å². The maximum atomic E-state index is 14.1. The molecule has 1 aliphatic rings. The van der Waals surface area contributed by atoms with Gasteiger partial charge in [-0.3, -0.25) is 4.79 Å². The predicted octanol–water partition coefficient (Wildman–Crippen LogP) is 1.98. The summed E-state index contributed by atoms with van der Waals surface area (Å²) >= 11 is 1.70. The van der Waals surface area contributed by atoms with Crippen molar-refractivity contribution in [1.29, 1.82) is 0 Å². The normalized spacial score (nSPS) is 15.5. The Morgan fingerprint density at radius 3 is 2.62 bits per heavy atom. The summed E-state index contributed by atoms with van der Waals surface area (Å²) in [6, 6.07) is 3.74. The number of nitrogens with zero attached hydrogens (tertiary/aromatic N) is 2. The summed E-state index contributed by atoms with van der Waals surface area (Å²) in [5.74, 6) is 0.254. The van der Waals surface area contributed by atoms with Gasteiger partial charge in [-0.1, -0.05) is 6.07 Å². The highest BCUT2D eigenvalue weighted by atomic mass is 32.2. The lowest BCUT2D eigenvalue weighted by Gasteiger charge is -2.20. The number of carbonyl (C=O) groups excluding carboxylic acids is 1. The molecule has 2 rings (SSSR count). The summed E-state index contributed by atoms with van der Waals surface area (Å²) in [6.07, 6.45) is 3.67. The first kappa shape index (κ1) is 20.5. The number of aliphatic imine (C=N–C) groups is 1. The number of halogens is 2. The second-order valence-corrected chi connectivity index (χ2v) is 7.62. The lowest BCUT2D eigenvalue weighted by Crippen LogP contribution is -2.43. The van der Waals surface area contributed by atoms with E-state index in [0.29, 0.717) is 24.6 Å². The third kappa shape index (κ3) is 5.59. The molecule has 0 aliphatic heterocycles. The summed E-state index contributed by atoms with van der Waals surface area (Å²) < 4.78 is 27.3. The van der Waals surface area contributed by atoms with Crippen molar-refractivity contribution in [2.45, 2.75) is 18.3 Å². The number of hydrogen-bond donors (Lipinski definition) is 2. The van der Waals surface area contributed by atoms with Crippen LogP contribution in [0.4, 0.5) is 8.78 Å². The van der Waals surface area contributed by atoms with E-state index in [0.717, 1.165) is 24.7 Å². The van der Waals surface area contributed by atoms with Crippen molar-refractivity contribution < 1.29 is 13.6 Å². The van der Waals surface area contributed by atoms with Crippen LogP contribution in [0.2, 0.25) is 0 Å². The Kier molecular flexibility index (Phi) is 7.25. The van der Waals surface area contributed by atoms with Crippen LogP contribution in [0.1, 0.15) is 18.4 Å². The van der Waals surface area contributed by atoms with E-state index in [1.807, 2.05) is 6.26 Å². The molecule has 1 amide bonds. The zero-order valence-electron chi connectivity index (χ0n) is 15.4. The first-order valence-electron chi connectivity index (χ1n) is 8.55. The highest BCUT2D eigenvalue weighted by Crippen LogP contribution is 2.48. The lowest BCUT2D eigenvalue weighted by molar-refractivity contribution is -0.127. The number of carbonyl (C=O) groups is 1. The van der Waals surface area contributed by atoms with Crippen LogP contribution in [-0.4, -0.2) is 62.5 Å². The molecule has 0 heterocycles. The summed E-state index contributed by atoms with van der Waals surface area (Å²) in [6.45, 7) is 1.23. The molecule has 1 aromatic rings. The van der Waals surface area contributed by atoms with Crippen LogP contribution < -0.4 is 10.6 Å². The Morgan fingerprint density at radius 1 is 1.31 bits per heavy atom. The predicted molar refractivity (Wildman–Crippen MR) is 103 cm³/mol. The van der Waals surface area contributed by atoms with Crippen LogP contribution in [0.5, 0.6) is 0 Å². The standard InChI is InChI=1S/C18H26F2N4OS/c1-24(2)16(25)11-22-17(21-8-9-26-3)23-12-18(6-7-18)14-5-4-13(19)10-15(14)20/h4-5,10H,6-9,11-12H2,1-3H3,(H2,21,22,23). The lowest BCUT2D eigenvalue weighted by atomic mass is 9.95. The Labute approximate surface area is 157 Å². The van der Waals surface area contributed by atoms with E-state index in [9.17, 15) is 13.6 Å². The van der Waals surface area contributed by atoms with Crippen molar-refractivity contribution in [3.63, 3.8) is 0 Å². The van der Waals surface area contributed by atoms with Crippen molar-refractivity contribution in [2.75, 3.05) is 45.7 Å². The van der Waals surface area contributed by atoms with Gasteiger partial charge in [0.05, 0.1) is 0 Å². The molecule has 0 unspecified atom stereocenters. The number of amides is 1. The molecule has 0 radical (unpaired) electrons. The van der Waals surface area contributed by atoms with Gasteiger partial charge in [0.15, 0.2) is 5.96 Å². The summed E-state index contributed by atoms with van der Waals surface area (Å²) in [7, 11) is 3.37. The van der Waals surface area contributed by atoms with Crippen LogP contribution in [-0.2, 0) is 10.2 Å². The molecule has 26 heavy (non-hydrogen) atoms. The number of nitrogens with one attached hydrogen (secondary N) is 2. The second-order valence-electron chi connectivity index (χ2n) is 6.63. The molecule has 0 saturated heterocycles. The largest absolute Gasteiger partial charge is 0.356 e. The molecule has 0 atom stereocenters. The number of likely N-dealkylation sites (N-methyl/N-ethyl adjacent to an activating group) is 1. The first-order valence-corrected chi connectivity index (χ1v) is 9.94. The SMILES string of the molecule is CSCCNC(=NCC(=O)N(C)C)NCC1(c2ccc(F)cc2F)CC1. The van der Waals surface area contributed by atoms with Crippen molar-refractivity contribution in [3.05, 3.63) is 35.4 Å². The van der Waals surface area contributed by atoms with Crippen LogP contribution in [0.25, 0.3) is 0 Å². The third-order valence-electron chi connectivity index (χ3n) is 4.42. The number of hydrogen-bond acceptors (Lipinski definition) is 3. The van der Waals surface area contributed by atoms with Crippen LogP contribution in [0, 0.1) is 11.6 Å². The Balaban J connectivity index is 2.03. The van der Waals surface area contributed by atoms with Crippen LogP contribution in [0.15, 0.2) is 23.2 Å². The van der Waals surface area contributed by atoms with Gasteiger partial charge >= 0.3 is 0 Å². The topological polar surface area (TPSA) is 56.7 Å². The van der Waals surface area contributed by atoms with Gasteiger partial charge < -0.3 is 15.5 Å². The van der Waals surface area contributed by atoms with E-state index < -0.39 is 11.6 Å². The third-order valence-corrected chi connectivity index (χ3v) is 5.03. The van der Waals surface area contributed by atoms with Crippen LogP contribution in [0.3, 0.4) is 0 Å². The van der Waals surface area contributed by atoms with E-state index in [2.05, 4.69) is 15.6 Å². The molecule has 144 valence electrons. The highest BCUT2D eigenvalue weighted by molar-refractivity contribution is 7.98. The smallest absolute Gasteiger partial charge is 0.243 e. The van der Waals surface area contributed by atoms with Gasteiger partial charge in [-0.05, 0) is 30.7 Å². The number of thioether (sulfide) groups is 1. The van der Waals surface area contributed by atoms with Gasteiger partial charge in [-0.15, -0.1) is 0 Å². The molecule has 1 fully saturated rings. The quantitative estimate of drug-likeness (QED) is 0.409. The fourth-order valence-electron chi connectivity index (χ4n) is 2.60. The number of guanidine groups is 1. The van der Waals surface area contributed by atoms with E-state index in [4.69, 9.17) is 0 Å². The molecule has 0 spiro atoms. The highest BCUT2D eigenvalue weighted by Gasteiger charge is 2.46. The van der Waals surface area contributed by atoms with E-state index in [1.54, 1.807) is 25.9 Å². The average molecular weight is 384 g/mol. The Bertz CT molecular complexity index is 663. The zero-order chi connectivity index (χ0) is 19.2. The minimum atomic E-state index is -0.571. The van der Waals surface area contributed by atoms with E-state index >= 15 is 0 Å². The molecule has 1 aromatic carbocycles. The van der Waals surface area contributed by atoms with Gasteiger partial charge in [-0.2, -0.15) is 11.8 Å². The van der Waals surface area contributed by atoms with Crippen molar-refractivity contribution in [3.8, 4) is 0 Å². The van der Waals surface area contributed by atoms with Gasteiger partial charge in [0, 0.05) is 44.4 Å². The number of benzene rings is 1. The fourth-order valence-corrected chi connectivity index (χ4v) is 2.90. The zero-order valence-corrected chi connectivity index (χ0v) is 16.3. The minimum Gasteiger partial charge on any atom is -0.356 e. The first-order chi connectivity index (χ1) is 12.4. The van der Waals surface area contributed by atoms with Gasteiger partial charge in [0.25, 0.3) is 0 Å². The minimum absolute atomic E-state index is 0.0412. The maximum absolute atomic E-state index is 14.1. The molecule has 2 N–H and O–H groups in total. The molecule has 1 aliphatic carbocycles. The molecular weight excluding hydrogens is 358 g/mol. The molecule has 0 bridgehead atoms. The molecule has 0 aromatic heterocycles. The fraction of sp³-hybridized carbons (Fsp3) is 0.556. The maximum Gasteiger partial charge on any atom is 0.243 e. The summed E-state index contributed by atoms with van der Waals surface area (Å²) in [5, 5.41) is 6.40. The second kappa shape index (κ2) is 9.21. The molecule has 5 nitrogen and oxygen atoms in total. The molecule has 8 heteroatoms. The van der Waals surface area contributed by atoms with Crippen molar-refractivity contribution >= 4 is 23.6 Å². The number of rotatable bonds is 8. The average Bonchev–Trinajstić information content (AvgIpc) is 3.37. The Hall–Kier alpha value is -1.83. The molecular formula is C18H26F2N4OS. The van der Waals surface area contributed by atoms with E-state index in [-0.39, 0.29) is 17.9 Å². The van der Waals surface area contributed by atoms with Crippen molar-refractivity contribution in [1.82, 2.24) is 15.5 Å². The summed E-state index contributed by atoms with van der Waals surface area (Å²) in [5.41, 5.74) is 0.185. The van der Waals surface area contributed by atoms with Crippen LogP contribution >= 0.6 is 11.8 Å². The van der Waals surface area contributed by atoms with Gasteiger partial charge in [0.1, 0.15) is 18.2 Å². The van der Waals surface area contributed by atoms with Gasteiger partial charge in [-0.25, -0.2) is 13.8 Å².